The number of pyridine rings is 1. The minimum Gasteiger partial charge on any atom is -0.460 e. The monoisotopic (exact) mass is 384 g/mol. The predicted molar refractivity (Wildman–Crippen MR) is 85.5 cm³/mol. The molecule has 0 N–H and O–H groups in total. The van der Waals surface area contributed by atoms with Gasteiger partial charge in [0, 0.05) is 24.0 Å². The van der Waals surface area contributed by atoms with Gasteiger partial charge >= 0.3 is 0 Å². The quantitative estimate of drug-likeness (QED) is 0.597. The number of rotatable bonds is 4. The Morgan fingerprint density at radius 2 is 1.95 bits per heavy atom. The van der Waals surface area contributed by atoms with E-state index in [2.05, 4.69) is 27.6 Å². The van der Waals surface area contributed by atoms with E-state index in [0.29, 0.717) is 5.75 Å². The Labute approximate surface area is 132 Å². The summed E-state index contributed by atoms with van der Waals surface area (Å²) in [5, 5.41) is 0. The van der Waals surface area contributed by atoms with Crippen molar-refractivity contribution < 1.29 is 9.53 Å². The number of nitrogens with zero attached hydrogens (tertiary/aromatic N) is 2. The molecule has 0 aromatic carbocycles. The first-order chi connectivity index (χ1) is 9.39. The fourth-order valence-electron chi connectivity index (χ4n) is 1.70. The SMILES string of the molecule is CC(C)(C)C(=O)C(Oc1cccnc1I)n1cccc1. The van der Waals surface area contributed by atoms with E-state index in [1.165, 1.54) is 0 Å². The molecular weight excluding hydrogens is 367 g/mol. The summed E-state index contributed by atoms with van der Waals surface area (Å²) >= 11 is 2.10. The van der Waals surface area contributed by atoms with Crippen molar-refractivity contribution in [1.82, 2.24) is 9.55 Å². The molecule has 106 valence electrons. The molecule has 5 heteroatoms. The number of hydrogen-bond donors (Lipinski definition) is 0. The Hall–Kier alpha value is -1.37. The van der Waals surface area contributed by atoms with E-state index in [4.69, 9.17) is 4.74 Å². The standard InChI is InChI=1S/C15H17IN2O2/c1-15(2,3)12(19)14(18-9-4-5-10-18)20-11-7-6-8-17-13(11)16/h4-10,14H,1-3H3. The first-order valence-electron chi connectivity index (χ1n) is 6.33. The van der Waals surface area contributed by atoms with Crippen LogP contribution in [0, 0.1) is 9.12 Å². The van der Waals surface area contributed by atoms with Crippen LogP contribution in [0.4, 0.5) is 0 Å². The molecular formula is C15H17IN2O2. The number of aromatic nitrogens is 2. The highest BCUT2D eigenvalue weighted by atomic mass is 127. The van der Waals surface area contributed by atoms with Crippen molar-refractivity contribution in [2.24, 2.45) is 5.41 Å². The molecule has 0 saturated carbocycles. The molecule has 0 aliphatic heterocycles. The molecule has 2 rings (SSSR count). The number of ether oxygens (including phenoxy) is 1. The van der Waals surface area contributed by atoms with Crippen molar-refractivity contribution in [3.05, 3.63) is 46.6 Å². The zero-order valence-corrected chi connectivity index (χ0v) is 13.9. The molecule has 1 unspecified atom stereocenters. The maximum Gasteiger partial charge on any atom is 0.235 e. The number of ketones is 1. The van der Waals surface area contributed by atoms with Gasteiger partial charge in [-0.25, -0.2) is 4.98 Å². The summed E-state index contributed by atoms with van der Waals surface area (Å²) in [7, 11) is 0. The zero-order chi connectivity index (χ0) is 14.8. The van der Waals surface area contributed by atoms with Crippen molar-refractivity contribution in [2.75, 3.05) is 0 Å². The van der Waals surface area contributed by atoms with Gasteiger partial charge in [0.05, 0.1) is 0 Å². The van der Waals surface area contributed by atoms with Gasteiger partial charge in [-0.1, -0.05) is 20.8 Å². The average Bonchev–Trinajstić information content (AvgIpc) is 2.89. The number of carbonyl (C=O) groups is 1. The van der Waals surface area contributed by atoms with Crippen LogP contribution in [-0.4, -0.2) is 15.3 Å². The van der Waals surface area contributed by atoms with Gasteiger partial charge in [0.1, 0.15) is 3.70 Å². The average molecular weight is 384 g/mol. The van der Waals surface area contributed by atoms with Gasteiger partial charge in [0.2, 0.25) is 6.23 Å². The highest BCUT2D eigenvalue weighted by molar-refractivity contribution is 14.1. The highest BCUT2D eigenvalue weighted by Crippen LogP contribution is 2.28. The van der Waals surface area contributed by atoms with E-state index in [9.17, 15) is 4.79 Å². The molecule has 1 atom stereocenters. The smallest absolute Gasteiger partial charge is 0.235 e. The summed E-state index contributed by atoms with van der Waals surface area (Å²) in [6.45, 7) is 5.68. The minimum absolute atomic E-state index is 0.0216. The van der Waals surface area contributed by atoms with Crippen LogP contribution in [0.5, 0.6) is 5.75 Å². The summed E-state index contributed by atoms with van der Waals surface area (Å²) in [6, 6.07) is 7.37. The minimum atomic E-state index is -0.678. The molecule has 0 saturated heterocycles. The molecule has 0 spiro atoms. The summed E-state index contributed by atoms with van der Waals surface area (Å²) in [5.41, 5.74) is -0.484. The molecule has 20 heavy (non-hydrogen) atoms. The molecule has 2 aromatic rings. The molecule has 0 aliphatic carbocycles. The maximum atomic E-state index is 12.6. The Bertz CT molecular complexity index is 588. The van der Waals surface area contributed by atoms with Gasteiger partial charge in [-0.3, -0.25) is 4.79 Å². The van der Waals surface area contributed by atoms with E-state index in [-0.39, 0.29) is 5.78 Å². The third kappa shape index (κ3) is 3.39. The zero-order valence-electron chi connectivity index (χ0n) is 11.7. The molecule has 0 bridgehead atoms. The summed E-state index contributed by atoms with van der Waals surface area (Å²) < 4.78 is 8.44. The number of halogens is 1. The largest absolute Gasteiger partial charge is 0.460 e. The van der Waals surface area contributed by atoms with Crippen LogP contribution >= 0.6 is 22.6 Å². The molecule has 4 nitrogen and oxygen atoms in total. The maximum absolute atomic E-state index is 12.6. The van der Waals surface area contributed by atoms with E-state index >= 15 is 0 Å². The van der Waals surface area contributed by atoms with Gasteiger partial charge in [-0.15, -0.1) is 0 Å². The fraction of sp³-hybridized carbons (Fsp3) is 0.333. The summed E-state index contributed by atoms with van der Waals surface area (Å²) in [5.74, 6) is 0.637. The van der Waals surface area contributed by atoms with Gasteiger partial charge in [-0.2, -0.15) is 0 Å². The summed E-state index contributed by atoms with van der Waals surface area (Å²) in [6.07, 6.45) is 4.68. The van der Waals surface area contributed by atoms with Gasteiger partial charge < -0.3 is 9.30 Å². The second-order valence-corrected chi connectivity index (χ2v) is 6.53. The normalized spacial score (nSPS) is 13.0. The van der Waals surface area contributed by atoms with E-state index in [1.54, 1.807) is 16.8 Å². The Morgan fingerprint density at radius 3 is 2.50 bits per heavy atom. The number of Topliss-reactive ketones (excluding diaryl/α,β-unsaturated/α-hetero) is 1. The Kier molecular flexibility index (Phi) is 4.47. The lowest BCUT2D eigenvalue weighted by molar-refractivity contribution is -0.137. The van der Waals surface area contributed by atoms with Crippen LogP contribution in [-0.2, 0) is 4.79 Å². The van der Waals surface area contributed by atoms with E-state index < -0.39 is 11.6 Å². The molecule has 2 aromatic heterocycles. The lowest BCUT2D eigenvalue weighted by atomic mass is 9.89. The van der Waals surface area contributed by atoms with Crippen LogP contribution in [0.3, 0.4) is 0 Å². The first-order valence-corrected chi connectivity index (χ1v) is 7.41. The Balaban J connectivity index is 2.34. The van der Waals surface area contributed by atoms with E-state index in [1.807, 2.05) is 51.4 Å². The summed E-state index contributed by atoms with van der Waals surface area (Å²) in [4.78, 5) is 16.8. The van der Waals surface area contributed by atoms with Gasteiger partial charge in [-0.05, 0) is 46.9 Å². The van der Waals surface area contributed by atoms with Crippen LogP contribution in [0.2, 0.25) is 0 Å². The molecule has 2 heterocycles. The highest BCUT2D eigenvalue weighted by Gasteiger charge is 2.32. The number of carbonyl (C=O) groups excluding carboxylic acids is 1. The molecule has 0 aliphatic rings. The van der Waals surface area contributed by atoms with Gasteiger partial charge in [0.25, 0.3) is 0 Å². The van der Waals surface area contributed by atoms with Crippen molar-refractivity contribution in [1.29, 1.82) is 0 Å². The fourth-order valence-corrected chi connectivity index (χ4v) is 2.17. The van der Waals surface area contributed by atoms with Crippen LogP contribution in [0.15, 0.2) is 42.9 Å². The van der Waals surface area contributed by atoms with Crippen LogP contribution in [0.1, 0.15) is 27.0 Å². The second-order valence-electron chi connectivity index (χ2n) is 5.51. The molecule has 0 amide bonds. The predicted octanol–water partition coefficient (Wildman–Crippen LogP) is 3.68. The van der Waals surface area contributed by atoms with Crippen molar-refractivity contribution in [3.63, 3.8) is 0 Å². The first kappa shape index (κ1) is 15.0. The third-order valence-corrected chi connectivity index (χ3v) is 3.64. The number of hydrogen-bond acceptors (Lipinski definition) is 3. The van der Waals surface area contributed by atoms with Crippen molar-refractivity contribution >= 4 is 28.4 Å². The van der Waals surface area contributed by atoms with Crippen LogP contribution < -0.4 is 4.74 Å². The topological polar surface area (TPSA) is 44.1 Å². The molecule has 0 fully saturated rings. The van der Waals surface area contributed by atoms with Crippen molar-refractivity contribution in [3.8, 4) is 5.75 Å². The lowest BCUT2D eigenvalue weighted by Gasteiger charge is -2.26. The third-order valence-electron chi connectivity index (χ3n) is 2.83. The lowest BCUT2D eigenvalue weighted by Crippen LogP contribution is -2.33. The second kappa shape index (κ2) is 5.95. The Morgan fingerprint density at radius 1 is 1.30 bits per heavy atom. The van der Waals surface area contributed by atoms with Crippen molar-refractivity contribution in [2.45, 2.75) is 27.0 Å². The molecule has 0 radical (unpaired) electrons. The van der Waals surface area contributed by atoms with E-state index in [0.717, 1.165) is 3.70 Å². The van der Waals surface area contributed by atoms with Gasteiger partial charge in [0.15, 0.2) is 11.5 Å². The van der Waals surface area contributed by atoms with Crippen LogP contribution in [0.25, 0.3) is 0 Å².